The monoisotopic (exact) mass is 412 g/mol. The van der Waals surface area contributed by atoms with Crippen molar-refractivity contribution in [1.82, 2.24) is 10.9 Å². The SMILES string of the molecule is CC(Oc1ccc(Cl)cc1Br)C(=O)NNC(=O)c1ccccc1O. The minimum atomic E-state index is -0.868. The maximum absolute atomic E-state index is 12.0. The Kier molecular flexibility index (Phi) is 6.05. The van der Waals surface area contributed by atoms with Crippen LogP contribution in [-0.4, -0.2) is 23.0 Å². The summed E-state index contributed by atoms with van der Waals surface area (Å²) in [5.41, 5.74) is 4.51. The molecule has 0 aliphatic rings. The number of phenols is 1. The topological polar surface area (TPSA) is 87.7 Å². The maximum atomic E-state index is 12.0. The molecule has 0 aliphatic carbocycles. The predicted octanol–water partition coefficient (Wildman–Crippen LogP) is 3.04. The third-order valence-electron chi connectivity index (χ3n) is 3.01. The number of halogens is 2. The van der Waals surface area contributed by atoms with E-state index in [9.17, 15) is 14.7 Å². The maximum Gasteiger partial charge on any atom is 0.279 e. The first-order valence-corrected chi connectivity index (χ1v) is 8.05. The quantitative estimate of drug-likeness (QED) is 0.672. The lowest BCUT2D eigenvalue weighted by Crippen LogP contribution is -2.47. The van der Waals surface area contributed by atoms with E-state index in [1.807, 2.05) is 0 Å². The molecule has 6 nitrogen and oxygen atoms in total. The average Bonchev–Trinajstić information content (AvgIpc) is 2.55. The number of hydrogen-bond donors (Lipinski definition) is 3. The van der Waals surface area contributed by atoms with Crippen LogP contribution < -0.4 is 15.6 Å². The Morgan fingerprint density at radius 1 is 1.21 bits per heavy atom. The summed E-state index contributed by atoms with van der Waals surface area (Å²) in [6.07, 6.45) is -0.868. The van der Waals surface area contributed by atoms with Crippen LogP contribution in [0, 0.1) is 0 Å². The van der Waals surface area contributed by atoms with E-state index in [1.165, 1.54) is 19.1 Å². The Morgan fingerprint density at radius 3 is 2.58 bits per heavy atom. The Labute approximate surface area is 151 Å². The van der Waals surface area contributed by atoms with Crippen LogP contribution in [0.25, 0.3) is 0 Å². The highest BCUT2D eigenvalue weighted by Crippen LogP contribution is 2.28. The number of para-hydroxylation sites is 1. The first kappa shape index (κ1) is 18.1. The van der Waals surface area contributed by atoms with Gasteiger partial charge >= 0.3 is 0 Å². The second-order valence-electron chi connectivity index (χ2n) is 4.80. The first-order chi connectivity index (χ1) is 11.4. The number of hydrogen-bond acceptors (Lipinski definition) is 4. The molecular weight excluding hydrogens is 400 g/mol. The van der Waals surface area contributed by atoms with E-state index in [2.05, 4.69) is 26.8 Å². The van der Waals surface area contributed by atoms with Crippen LogP contribution in [0.2, 0.25) is 5.02 Å². The van der Waals surface area contributed by atoms with Crippen molar-refractivity contribution in [2.24, 2.45) is 0 Å². The molecule has 2 rings (SSSR count). The molecule has 0 saturated carbocycles. The molecule has 0 radical (unpaired) electrons. The number of aromatic hydroxyl groups is 1. The van der Waals surface area contributed by atoms with Crippen molar-refractivity contribution in [3.05, 3.63) is 57.5 Å². The van der Waals surface area contributed by atoms with E-state index in [0.717, 1.165) is 0 Å². The number of benzene rings is 2. The summed E-state index contributed by atoms with van der Waals surface area (Å²) in [7, 11) is 0. The molecule has 0 heterocycles. The molecule has 0 bridgehead atoms. The molecule has 24 heavy (non-hydrogen) atoms. The number of ether oxygens (including phenoxy) is 1. The van der Waals surface area contributed by atoms with Crippen molar-refractivity contribution in [2.75, 3.05) is 0 Å². The van der Waals surface area contributed by atoms with Crippen LogP contribution in [0.4, 0.5) is 0 Å². The summed E-state index contributed by atoms with van der Waals surface area (Å²) in [5.74, 6) is -0.935. The summed E-state index contributed by atoms with van der Waals surface area (Å²) in [5, 5.41) is 10.1. The zero-order valence-corrected chi connectivity index (χ0v) is 14.9. The van der Waals surface area contributed by atoms with Gasteiger partial charge in [-0.05, 0) is 53.2 Å². The zero-order chi connectivity index (χ0) is 17.7. The van der Waals surface area contributed by atoms with E-state index in [4.69, 9.17) is 16.3 Å². The summed E-state index contributed by atoms with van der Waals surface area (Å²) in [6, 6.07) is 10.9. The molecule has 0 fully saturated rings. The number of rotatable bonds is 4. The van der Waals surface area contributed by atoms with E-state index in [-0.39, 0.29) is 11.3 Å². The molecule has 0 aromatic heterocycles. The third kappa shape index (κ3) is 4.62. The van der Waals surface area contributed by atoms with E-state index in [0.29, 0.717) is 15.2 Å². The van der Waals surface area contributed by atoms with Gasteiger partial charge in [-0.15, -0.1) is 0 Å². The molecule has 0 saturated heterocycles. The fraction of sp³-hybridized carbons (Fsp3) is 0.125. The second kappa shape index (κ2) is 8.03. The summed E-state index contributed by atoms with van der Waals surface area (Å²) < 4.78 is 6.11. The third-order valence-corrected chi connectivity index (χ3v) is 3.87. The molecule has 3 N–H and O–H groups in total. The molecule has 126 valence electrons. The number of amides is 2. The lowest BCUT2D eigenvalue weighted by molar-refractivity contribution is -0.128. The normalized spacial score (nSPS) is 11.5. The van der Waals surface area contributed by atoms with Gasteiger partial charge in [0.25, 0.3) is 11.8 Å². The highest BCUT2D eigenvalue weighted by Gasteiger charge is 2.18. The number of hydrazine groups is 1. The van der Waals surface area contributed by atoms with E-state index in [1.54, 1.807) is 30.3 Å². The minimum absolute atomic E-state index is 0.0480. The molecule has 1 unspecified atom stereocenters. The van der Waals surface area contributed by atoms with Gasteiger partial charge in [-0.2, -0.15) is 0 Å². The van der Waals surface area contributed by atoms with Crippen molar-refractivity contribution in [3.8, 4) is 11.5 Å². The van der Waals surface area contributed by atoms with Gasteiger partial charge in [-0.3, -0.25) is 20.4 Å². The van der Waals surface area contributed by atoms with Gasteiger partial charge in [0.05, 0.1) is 10.0 Å². The first-order valence-electron chi connectivity index (χ1n) is 6.88. The molecule has 2 aromatic carbocycles. The predicted molar refractivity (Wildman–Crippen MR) is 93.0 cm³/mol. The minimum Gasteiger partial charge on any atom is -0.507 e. The highest BCUT2D eigenvalue weighted by atomic mass is 79.9. The van der Waals surface area contributed by atoms with Crippen LogP contribution in [0.5, 0.6) is 11.5 Å². The highest BCUT2D eigenvalue weighted by molar-refractivity contribution is 9.10. The molecule has 0 spiro atoms. The van der Waals surface area contributed by atoms with Gasteiger partial charge in [0.1, 0.15) is 11.5 Å². The van der Waals surface area contributed by atoms with Gasteiger partial charge in [0, 0.05) is 5.02 Å². The van der Waals surface area contributed by atoms with Gasteiger partial charge in [0.2, 0.25) is 0 Å². The second-order valence-corrected chi connectivity index (χ2v) is 6.09. The molecule has 2 amide bonds. The summed E-state index contributed by atoms with van der Waals surface area (Å²) >= 11 is 9.13. The van der Waals surface area contributed by atoms with Crippen LogP contribution in [0.15, 0.2) is 46.9 Å². The Hall–Kier alpha value is -2.25. The number of carbonyl (C=O) groups excluding carboxylic acids is 2. The van der Waals surface area contributed by atoms with E-state index < -0.39 is 17.9 Å². The smallest absolute Gasteiger partial charge is 0.279 e. The zero-order valence-electron chi connectivity index (χ0n) is 12.5. The van der Waals surface area contributed by atoms with Crippen molar-refractivity contribution in [2.45, 2.75) is 13.0 Å². The van der Waals surface area contributed by atoms with Crippen molar-refractivity contribution < 1.29 is 19.4 Å². The summed E-state index contributed by atoms with van der Waals surface area (Å²) in [4.78, 5) is 23.9. The molecule has 2 aromatic rings. The Balaban J connectivity index is 1.92. The van der Waals surface area contributed by atoms with Crippen LogP contribution in [0.3, 0.4) is 0 Å². The van der Waals surface area contributed by atoms with E-state index >= 15 is 0 Å². The van der Waals surface area contributed by atoms with Gasteiger partial charge < -0.3 is 9.84 Å². The van der Waals surface area contributed by atoms with Gasteiger partial charge in [-0.25, -0.2) is 0 Å². The van der Waals surface area contributed by atoms with Gasteiger partial charge in [-0.1, -0.05) is 23.7 Å². The van der Waals surface area contributed by atoms with Crippen LogP contribution >= 0.6 is 27.5 Å². The Morgan fingerprint density at radius 2 is 1.92 bits per heavy atom. The Bertz CT molecular complexity index is 769. The average molecular weight is 414 g/mol. The number of phenolic OH excluding ortho intramolecular Hbond substituents is 1. The largest absolute Gasteiger partial charge is 0.507 e. The fourth-order valence-electron chi connectivity index (χ4n) is 1.77. The summed E-state index contributed by atoms with van der Waals surface area (Å²) in [6.45, 7) is 1.53. The molecule has 1 atom stereocenters. The molecular formula is C16H14BrClN2O4. The van der Waals surface area contributed by atoms with Crippen molar-refractivity contribution in [1.29, 1.82) is 0 Å². The molecule has 0 aliphatic heterocycles. The van der Waals surface area contributed by atoms with Crippen LogP contribution in [0.1, 0.15) is 17.3 Å². The lowest BCUT2D eigenvalue weighted by Gasteiger charge is -2.16. The van der Waals surface area contributed by atoms with Crippen molar-refractivity contribution in [3.63, 3.8) is 0 Å². The number of carbonyl (C=O) groups is 2. The van der Waals surface area contributed by atoms with Crippen LogP contribution in [-0.2, 0) is 4.79 Å². The number of nitrogens with one attached hydrogen (secondary N) is 2. The fourth-order valence-corrected chi connectivity index (χ4v) is 2.54. The van der Waals surface area contributed by atoms with Gasteiger partial charge in [0.15, 0.2) is 6.10 Å². The standard InChI is InChI=1S/C16H14BrClN2O4/c1-9(24-14-7-6-10(18)8-12(14)17)15(22)19-20-16(23)11-4-2-3-5-13(11)21/h2-9,21H,1H3,(H,19,22)(H,20,23). The lowest BCUT2D eigenvalue weighted by atomic mass is 10.2. The molecule has 8 heteroatoms. The van der Waals surface area contributed by atoms with Crippen molar-refractivity contribution >= 4 is 39.3 Å².